The highest BCUT2D eigenvalue weighted by atomic mass is 32.1. The van der Waals surface area contributed by atoms with Gasteiger partial charge in [-0.05, 0) is 70.8 Å². The van der Waals surface area contributed by atoms with Gasteiger partial charge in [0.15, 0.2) is 0 Å². The van der Waals surface area contributed by atoms with Gasteiger partial charge in [0.05, 0.1) is 17.2 Å². The van der Waals surface area contributed by atoms with Crippen molar-refractivity contribution in [2.45, 2.75) is 88.6 Å². The summed E-state index contributed by atoms with van der Waals surface area (Å²) in [7, 11) is 0. The molecule has 0 aromatic carbocycles. The molecule has 2 aromatic rings. The van der Waals surface area contributed by atoms with Crippen LogP contribution in [-0.4, -0.2) is 37.7 Å². The Morgan fingerprint density at radius 3 is 2.63 bits per heavy atom. The fraction of sp³-hybridized carbons (Fsp3) is 0.762. The van der Waals surface area contributed by atoms with Gasteiger partial charge in [-0.1, -0.05) is 0 Å². The lowest BCUT2D eigenvalue weighted by molar-refractivity contribution is 0.193. The summed E-state index contributed by atoms with van der Waals surface area (Å²) in [5, 5.41) is 10.7. The van der Waals surface area contributed by atoms with Gasteiger partial charge in [0.25, 0.3) is 0 Å². The van der Waals surface area contributed by atoms with E-state index in [2.05, 4.69) is 19.7 Å². The molecule has 0 radical (unpaired) electrons. The summed E-state index contributed by atoms with van der Waals surface area (Å²) in [6.07, 6.45) is 13.0. The third kappa shape index (κ3) is 3.25. The fourth-order valence-electron chi connectivity index (χ4n) is 4.94. The standard InChI is InChI=1S/C21H29N5S/c1-2-6-18-17(5-1)22-21(27-18)15-4-3-11-25(12-15)13-19-23-24-20(14-7-8-14)26(19)16-9-10-16/h14-16H,1-13H2. The number of nitrogens with zero attached hydrogens (tertiary/aromatic N) is 5. The van der Waals surface area contributed by atoms with Crippen LogP contribution in [0.1, 0.15) is 96.5 Å². The molecule has 27 heavy (non-hydrogen) atoms. The van der Waals surface area contributed by atoms with Crippen molar-refractivity contribution >= 4 is 11.3 Å². The number of rotatable bonds is 5. The van der Waals surface area contributed by atoms with Crippen molar-refractivity contribution in [1.82, 2.24) is 24.6 Å². The largest absolute Gasteiger partial charge is 0.311 e. The Bertz CT molecular complexity index is 808. The van der Waals surface area contributed by atoms with E-state index in [9.17, 15) is 0 Å². The number of hydrogen-bond acceptors (Lipinski definition) is 5. The number of aryl methyl sites for hydroxylation is 2. The monoisotopic (exact) mass is 383 g/mol. The van der Waals surface area contributed by atoms with Crippen molar-refractivity contribution in [3.8, 4) is 0 Å². The molecule has 6 rings (SSSR count). The molecule has 1 atom stereocenters. The zero-order valence-corrected chi connectivity index (χ0v) is 16.9. The Kier molecular flexibility index (Phi) is 4.11. The maximum absolute atomic E-state index is 5.07. The van der Waals surface area contributed by atoms with E-state index in [-0.39, 0.29) is 0 Å². The SMILES string of the molecule is C1CCc2sc(C3CCCN(Cc4nnc(C5CC5)n4C4CC4)C3)nc2C1. The van der Waals surface area contributed by atoms with Crippen LogP contribution in [-0.2, 0) is 19.4 Å². The molecule has 0 bridgehead atoms. The maximum atomic E-state index is 5.07. The fourth-order valence-corrected chi connectivity index (χ4v) is 6.22. The van der Waals surface area contributed by atoms with E-state index in [0.29, 0.717) is 17.9 Å². The minimum absolute atomic E-state index is 0.620. The average molecular weight is 384 g/mol. The molecule has 3 fully saturated rings. The lowest BCUT2D eigenvalue weighted by Crippen LogP contribution is -2.34. The lowest BCUT2D eigenvalue weighted by Gasteiger charge is -2.31. The van der Waals surface area contributed by atoms with Gasteiger partial charge in [-0.3, -0.25) is 4.90 Å². The lowest BCUT2D eigenvalue weighted by atomic mass is 9.98. The molecule has 3 aliphatic carbocycles. The van der Waals surface area contributed by atoms with Gasteiger partial charge in [0.1, 0.15) is 11.6 Å². The molecule has 0 amide bonds. The minimum Gasteiger partial charge on any atom is -0.311 e. The first kappa shape index (κ1) is 16.7. The Labute approximate surface area is 165 Å². The van der Waals surface area contributed by atoms with Gasteiger partial charge in [0.2, 0.25) is 0 Å². The van der Waals surface area contributed by atoms with E-state index >= 15 is 0 Å². The summed E-state index contributed by atoms with van der Waals surface area (Å²) < 4.78 is 2.52. The van der Waals surface area contributed by atoms with Crippen molar-refractivity contribution in [1.29, 1.82) is 0 Å². The molecule has 3 heterocycles. The zero-order chi connectivity index (χ0) is 17.8. The van der Waals surface area contributed by atoms with Crippen LogP contribution in [0.3, 0.4) is 0 Å². The first-order valence-electron chi connectivity index (χ1n) is 11.0. The number of likely N-dealkylation sites (tertiary alicyclic amines) is 1. The van der Waals surface area contributed by atoms with Crippen molar-refractivity contribution in [2.24, 2.45) is 0 Å². The maximum Gasteiger partial charge on any atom is 0.147 e. The van der Waals surface area contributed by atoms with Crippen LogP contribution in [0.15, 0.2) is 0 Å². The molecular formula is C21H29N5S. The number of piperidine rings is 1. The quantitative estimate of drug-likeness (QED) is 0.776. The second-order valence-electron chi connectivity index (χ2n) is 9.05. The van der Waals surface area contributed by atoms with Crippen LogP contribution >= 0.6 is 11.3 Å². The van der Waals surface area contributed by atoms with E-state index in [1.54, 1.807) is 4.88 Å². The van der Waals surface area contributed by atoms with Crippen LogP contribution in [0.25, 0.3) is 0 Å². The van der Waals surface area contributed by atoms with E-state index in [1.807, 2.05) is 11.3 Å². The van der Waals surface area contributed by atoms with Crippen LogP contribution in [0.5, 0.6) is 0 Å². The van der Waals surface area contributed by atoms with Crippen LogP contribution in [0.2, 0.25) is 0 Å². The summed E-state index contributed by atoms with van der Waals surface area (Å²) in [6.45, 7) is 3.30. The summed E-state index contributed by atoms with van der Waals surface area (Å²) in [5.41, 5.74) is 1.42. The second kappa shape index (κ2) is 6.66. The highest BCUT2D eigenvalue weighted by molar-refractivity contribution is 7.11. The Hall–Kier alpha value is -1.27. The smallest absolute Gasteiger partial charge is 0.147 e. The average Bonchev–Trinajstić information content (AvgIpc) is 3.63. The summed E-state index contributed by atoms with van der Waals surface area (Å²) in [6, 6.07) is 0.692. The summed E-state index contributed by atoms with van der Waals surface area (Å²) >= 11 is 2.01. The van der Waals surface area contributed by atoms with Crippen molar-refractivity contribution in [2.75, 3.05) is 13.1 Å². The molecule has 6 heteroatoms. The highest BCUT2D eigenvalue weighted by Gasteiger charge is 2.37. The number of hydrogen-bond donors (Lipinski definition) is 0. The Balaban J connectivity index is 1.19. The third-order valence-corrected chi connectivity index (χ3v) is 8.05. The molecule has 144 valence electrons. The highest BCUT2D eigenvalue weighted by Crippen LogP contribution is 2.45. The molecule has 1 aliphatic heterocycles. The van der Waals surface area contributed by atoms with Gasteiger partial charge >= 0.3 is 0 Å². The molecule has 1 unspecified atom stereocenters. The first-order chi connectivity index (χ1) is 13.3. The number of fused-ring (bicyclic) bond motifs is 1. The van der Waals surface area contributed by atoms with Crippen LogP contribution in [0.4, 0.5) is 0 Å². The second-order valence-corrected chi connectivity index (χ2v) is 10.2. The molecule has 4 aliphatic rings. The topological polar surface area (TPSA) is 46.8 Å². The van der Waals surface area contributed by atoms with Crippen LogP contribution in [0, 0.1) is 0 Å². The van der Waals surface area contributed by atoms with Crippen molar-refractivity contribution in [3.05, 3.63) is 27.2 Å². The van der Waals surface area contributed by atoms with Crippen LogP contribution < -0.4 is 0 Å². The van der Waals surface area contributed by atoms with Gasteiger partial charge in [-0.2, -0.15) is 0 Å². The predicted octanol–water partition coefficient (Wildman–Crippen LogP) is 4.21. The molecule has 5 nitrogen and oxygen atoms in total. The van der Waals surface area contributed by atoms with Gasteiger partial charge in [0, 0.05) is 29.3 Å². The van der Waals surface area contributed by atoms with Gasteiger partial charge < -0.3 is 4.57 Å². The normalized spacial score (nSPS) is 26.3. The first-order valence-corrected chi connectivity index (χ1v) is 11.8. The van der Waals surface area contributed by atoms with Gasteiger partial charge in [-0.25, -0.2) is 4.98 Å². The van der Waals surface area contributed by atoms with E-state index in [1.165, 1.54) is 93.1 Å². The molecule has 2 saturated carbocycles. The van der Waals surface area contributed by atoms with E-state index < -0.39 is 0 Å². The van der Waals surface area contributed by atoms with E-state index in [0.717, 1.165) is 13.1 Å². The Morgan fingerprint density at radius 1 is 0.926 bits per heavy atom. The molecule has 2 aromatic heterocycles. The summed E-state index contributed by atoms with van der Waals surface area (Å²) in [4.78, 5) is 9.26. The predicted molar refractivity (Wildman–Crippen MR) is 106 cm³/mol. The molecular weight excluding hydrogens is 354 g/mol. The van der Waals surface area contributed by atoms with E-state index in [4.69, 9.17) is 4.98 Å². The van der Waals surface area contributed by atoms with Gasteiger partial charge in [-0.15, -0.1) is 21.5 Å². The molecule has 1 saturated heterocycles. The van der Waals surface area contributed by atoms with Crippen molar-refractivity contribution < 1.29 is 0 Å². The third-order valence-electron chi connectivity index (χ3n) is 6.73. The van der Waals surface area contributed by atoms with Crippen molar-refractivity contribution in [3.63, 3.8) is 0 Å². The molecule has 0 spiro atoms. The minimum atomic E-state index is 0.620. The number of aromatic nitrogens is 4. The Morgan fingerprint density at radius 2 is 1.81 bits per heavy atom. The number of thiazole rings is 1. The summed E-state index contributed by atoms with van der Waals surface area (Å²) in [5.74, 6) is 3.82. The zero-order valence-electron chi connectivity index (χ0n) is 16.1. The molecule has 0 N–H and O–H groups in total.